The number of nitrogens with one attached hydrogen (secondary N) is 2. The molecule has 6 nitrogen and oxygen atoms in total. The van der Waals surface area contributed by atoms with Crippen molar-refractivity contribution in [1.29, 1.82) is 0 Å². The molecule has 0 aliphatic rings. The number of thiazole rings is 1. The van der Waals surface area contributed by atoms with Gasteiger partial charge in [0.2, 0.25) is 0 Å². The number of rotatable bonds is 10. The average molecular weight is 572 g/mol. The number of aliphatic imine (C=N–C) groups is 1. The second-order valence-corrected chi connectivity index (χ2v) is 7.39. The monoisotopic (exact) mass is 572 g/mol. The van der Waals surface area contributed by atoms with Crippen molar-refractivity contribution in [3.05, 3.63) is 45.4 Å². The lowest BCUT2D eigenvalue weighted by molar-refractivity contribution is -0.140. The summed E-state index contributed by atoms with van der Waals surface area (Å²) in [5, 5.41) is 7.73. The highest BCUT2D eigenvalue weighted by Crippen LogP contribution is 2.30. The molecule has 1 heterocycles. The average Bonchev–Trinajstić information content (AvgIpc) is 3.17. The van der Waals surface area contributed by atoms with E-state index in [1.54, 1.807) is 7.11 Å². The molecule has 1 aromatic heterocycles. The molecular weight excluding hydrogens is 544 g/mol. The van der Waals surface area contributed by atoms with Gasteiger partial charge in [-0.05, 0) is 25.5 Å². The number of hydrogen-bond donors (Lipinski definition) is 2. The summed E-state index contributed by atoms with van der Waals surface area (Å²) >= 11 is 1.01. The molecular formula is C20H28F3IN4O2S. The number of methoxy groups -OCH3 is 1. The topological polar surface area (TPSA) is 67.8 Å². The maximum atomic E-state index is 12.7. The molecule has 2 rings (SSSR count). The van der Waals surface area contributed by atoms with Crippen LogP contribution >= 0.6 is 35.3 Å². The summed E-state index contributed by atoms with van der Waals surface area (Å²) in [4.78, 5) is 8.20. The summed E-state index contributed by atoms with van der Waals surface area (Å²) in [6.07, 6.45) is -4.03. The number of alkyl halides is 3. The van der Waals surface area contributed by atoms with Gasteiger partial charge in [-0.15, -0.1) is 35.3 Å². The van der Waals surface area contributed by atoms with Gasteiger partial charge in [-0.2, -0.15) is 13.2 Å². The smallest absolute Gasteiger partial charge is 0.434 e. The first kappa shape index (κ1) is 27.4. The SMILES string of the molecule is CCNC(=NCc1ccc(C)cc1OCCOC)NCCc1nc(C(F)(F)F)cs1.I. The molecule has 31 heavy (non-hydrogen) atoms. The summed E-state index contributed by atoms with van der Waals surface area (Å²) < 4.78 is 48.8. The van der Waals surface area contributed by atoms with Gasteiger partial charge >= 0.3 is 6.18 Å². The highest BCUT2D eigenvalue weighted by atomic mass is 127. The minimum absolute atomic E-state index is 0. The van der Waals surface area contributed by atoms with E-state index in [0.29, 0.717) is 50.2 Å². The molecule has 0 atom stereocenters. The minimum Gasteiger partial charge on any atom is -0.491 e. The van der Waals surface area contributed by atoms with Gasteiger partial charge in [0.1, 0.15) is 12.4 Å². The number of aromatic nitrogens is 1. The van der Waals surface area contributed by atoms with Crippen LogP contribution in [-0.4, -0.2) is 44.4 Å². The van der Waals surface area contributed by atoms with Gasteiger partial charge in [0.05, 0.1) is 18.2 Å². The summed E-state index contributed by atoms with van der Waals surface area (Å²) in [5.41, 5.74) is 1.17. The lowest BCUT2D eigenvalue weighted by Gasteiger charge is -2.13. The van der Waals surface area contributed by atoms with Crippen molar-refractivity contribution in [2.24, 2.45) is 4.99 Å². The molecule has 2 N–H and O–H groups in total. The van der Waals surface area contributed by atoms with Crippen molar-refractivity contribution in [3.8, 4) is 5.75 Å². The first-order valence-electron chi connectivity index (χ1n) is 9.58. The van der Waals surface area contributed by atoms with Gasteiger partial charge in [-0.3, -0.25) is 0 Å². The standard InChI is InChI=1S/C20H27F3N4O2S.HI/c1-4-24-19(25-8-7-18-27-17(13-30-18)20(21,22)23)26-12-15-6-5-14(2)11-16(15)29-10-9-28-3;/h5-6,11,13H,4,7-10,12H2,1-3H3,(H2,24,25,26);1H. The molecule has 0 amide bonds. The van der Waals surface area contributed by atoms with Crippen molar-refractivity contribution >= 4 is 41.3 Å². The second-order valence-electron chi connectivity index (χ2n) is 6.45. The van der Waals surface area contributed by atoms with Crippen molar-refractivity contribution in [1.82, 2.24) is 15.6 Å². The highest BCUT2D eigenvalue weighted by Gasteiger charge is 2.33. The molecule has 0 aliphatic heterocycles. The third kappa shape index (κ3) is 9.60. The van der Waals surface area contributed by atoms with Crippen LogP contribution in [0.2, 0.25) is 0 Å². The van der Waals surface area contributed by atoms with Crippen LogP contribution in [0.25, 0.3) is 0 Å². The van der Waals surface area contributed by atoms with Gasteiger partial charge in [-0.1, -0.05) is 12.1 Å². The Morgan fingerprint density at radius 1 is 1.23 bits per heavy atom. The summed E-state index contributed by atoms with van der Waals surface area (Å²) in [5.74, 6) is 1.34. The van der Waals surface area contributed by atoms with E-state index in [9.17, 15) is 13.2 Å². The van der Waals surface area contributed by atoms with E-state index in [2.05, 4.69) is 20.6 Å². The lowest BCUT2D eigenvalue weighted by Crippen LogP contribution is -2.38. The van der Waals surface area contributed by atoms with E-state index < -0.39 is 11.9 Å². The first-order valence-corrected chi connectivity index (χ1v) is 10.5. The zero-order valence-corrected chi connectivity index (χ0v) is 20.9. The van der Waals surface area contributed by atoms with Crippen LogP contribution in [0.3, 0.4) is 0 Å². The third-order valence-corrected chi connectivity index (χ3v) is 4.90. The maximum Gasteiger partial charge on any atom is 0.434 e. The normalized spacial score (nSPS) is 11.7. The molecule has 0 aliphatic carbocycles. The van der Waals surface area contributed by atoms with E-state index in [-0.39, 0.29) is 24.0 Å². The molecule has 0 radical (unpaired) electrons. The van der Waals surface area contributed by atoms with E-state index in [1.807, 2.05) is 32.0 Å². The second kappa shape index (κ2) is 13.7. The lowest BCUT2D eigenvalue weighted by atomic mass is 10.1. The van der Waals surface area contributed by atoms with Gasteiger partial charge in [0, 0.05) is 37.6 Å². The quantitative estimate of drug-likeness (QED) is 0.191. The van der Waals surface area contributed by atoms with Crippen molar-refractivity contribution < 1.29 is 22.6 Å². The zero-order valence-electron chi connectivity index (χ0n) is 17.7. The molecule has 174 valence electrons. The van der Waals surface area contributed by atoms with Crippen molar-refractivity contribution in [3.63, 3.8) is 0 Å². The Kier molecular flexibility index (Phi) is 12.2. The zero-order chi connectivity index (χ0) is 22.0. The van der Waals surface area contributed by atoms with Crippen LogP contribution < -0.4 is 15.4 Å². The number of ether oxygens (including phenoxy) is 2. The Hall–Kier alpha value is -1.60. The number of benzene rings is 1. The summed E-state index contributed by atoms with van der Waals surface area (Å²) in [7, 11) is 1.62. The molecule has 2 aromatic rings. The van der Waals surface area contributed by atoms with Crippen molar-refractivity contribution in [2.45, 2.75) is 33.0 Å². The molecule has 0 saturated heterocycles. The van der Waals surface area contributed by atoms with Crippen molar-refractivity contribution in [2.75, 3.05) is 33.4 Å². The summed E-state index contributed by atoms with van der Waals surface area (Å²) in [6, 6.07) is 5.93. The van der Waals surface area contributed by atoms with Crippen LogP contribution in [0.15, 0.2) is 28.6 Å². The van der Waals surface area contributed by atoms with E-state index in [4.69, 9.17) is 9.47 Å². The Morgan fingerprint density at radius 2 is 2.00 bits per heavy atom. The number of aryl methyl sites for hydroxylation is 1. The van der Waals surface area contributed by atoms with Gasteiger partial charge in [0.25, 0.3) is 0 Å². The molecule has 11 heteroatoms. The largest absolute Gasteiger partial charge is 0.491 e. The Balaban J connectivity index is 0.00000480. The van der Waals surface area contributed by atoms with Crippen LogP contribution in [0, 0.1) is 6.92 Å². The molecule has 0 spiro atoms. The first-order chi connectivity index (χ1) is 14.3. The van der Waals surface area contributed by atoms with Gasteiger partial charge in [0.15, 0.2) is 11.7 Å². The summed E-state index contributed by atoms with van der Waals surface area (Å²) in [6.45, 7) is 6.35. The van der Waals surface area contributed by atoms with E-state index in [0.717, 1.165) is 33.6 Å². The number of hydrogen-bond acceptors (Lipinski definition) is 5. The number of guanidine groups is 1. The molecule has 0 unspecified atom stereocenters. The predicted molar refractivity (Wildman–Crippen MR) is 128 cm³/mol. The molecule has 1 aromatic carbocycles. The highest BCUT2D eigenvalue weighted by molar-refractivity contribution is 14.0. The third-order valence-electron chi connectivity index (χ3n) is 3.99. The van der Waals surface area contributed by atoms with Gasteiger partial charge in [-0.25, -0.2) is 9.98 Å². The number of nitrogens with zero attached hydrogens (tertiary/aromatic N) is 2. The van der Waals surface area contributed by atoms with Crippen LogP contribution in [0.5, 0.6) is 5.75 Å². The Labute approximate surface area is 201 Å². The fourth-order valence-electron chi connectivity index (χ4n) is 2.51. The van der Waals surface area contributed by atoms with E-state index in [1.165, 1.54) is 0 Å². The number of halogens is 4. The molecule has 0 saturated carbocycles. The molecule has 0 fully saturated rings. The van der Waals surface area contributed by atoms with Crippen LogP contribution in [0.4, 0.5) is 13.2 Å². The Morgan fingerprint density at radius 3 is 2.65 bits per heavy atom. The molecule has 0 bridgehead atoms. The Bertz CT molecular complexity index is 831. The predicted octanol–water partition coefficient (Wildman–Crippen LogP) is 4.41. The van der Waals surface area contributed by atoms with Crippen LogP contribution in [-0.2, 0) is 23.9 Å². The fourth-order valence-corrected chi connectivity index (χ4v) is 3.32. The van der Waals surface area contributed by atoms with Crippen LogP contribution in [0.1, 0.15) is 28.8 Å². The van der Waals surface area contributed by atoms with E-state index >= 15 is 0 Å². The van der Waals surface area contributed by atoms with Gasteiger partial charge < -0.3 is 20.1 Å². The minimum atomic E-state index is -4.41. The fraction of sp³-hybridized carbons (Fsp3) is 0.500. The maximum absolute atomic E-state index is 12.7.